The predicted molar refractivity (Wildman–Crippen MR) is 104 cm³/mol. The molecule has 0 spiro atoms. The second kappa shape index (κ2) is 10.8. The molecule has 26 heavy (non-hydrogen) atoms. The van der Waals surface area contributed by atoms with Gasteiger partial charge in [0.15, 0.2) is 0 Å². The molecule has 4 heteroatoms. The quantitative estimate of drug-likeness (QED) is 0.491. The zero-order chi connectivity index (χ0) is 18.8. The minimum absolute atomic E-state index is 0.117. The van der Waals surface area contributed by atoms with Crippen molar-refractivity contribution in [1.29, 1.82) is 0 Å². The number of allylic oxidation sites excluding steroid dienone is 1. The lowest BCUT2D eigenvalue weighted by Gasteiger charge is -2.24. The van der Waals surface area contributed by atoms with E-state index in [1.165, 1.54) is 36.7 Å². The average Bonchev–Trinajstić information content (AvgIpc) is 2.67. The number of benzene rings is 1. The van der Waals surface area contributed by atoms with Gasteiger partial charge < -0.3 is 9.64 Å². The Morgan fingerprint density at radius 1 is 1.04 bits per heavy atom. The van der Waals surface area contributed by atoms with Crippen LogP contribution in [-0.2, 0) is 20.7 Å². The average molecular weight is 357 g/mol. The third-order valence-electron chi connectivity index (χ3n) is 5.00. The van der Waals surface area contributed by atoms with Gasteiger partial charge in [-0.05, 0) is 51.0 Å². The molecule has 142 valence electrons. The molecule has 1 aromatic carbocycles. The minimum atomic E-state index is -0.266. The van der Waals surface area contributed by atoms with E-state index in [0.29, 0.717) is 19.5 Å². The molecule has 0 saturated carbocycles. The highest BCUT2D eigenvalue weighted by molar-refractivity contribution is 5.77. The summed E-state index contributed by atoms with van der Waals surface area (Å²) in [6, 6.07) is 8.30. The van der Waals surface area contributed by atoms with Gasteiger partial charge in [-0.25, -0.2) is 0 Å². The number of aryl methyl sites for hydroxylation is 2. The van der Waals surface area contributed by atoms with E-state index < -0.39 is 0 Å². The molecule has 0 saturated heterocycles. The van der Waals surface area contributed by atoms with E-state index >= 15 is 0 Å². The number of hydrogen-bond acceptors (Lipinski definition) is 3. The maximum Gasteiger partial charge on any atom is 0.307 e. The van der Waals surface area contributed by atoms with Crippen LogP contribution in [0.4, 0.5) is 0 Å². The topological polar surface area (TPSA) is 46.6 Å². The van der Waals surface area contributed by atoms with E-state index in [1.54, 1.807) is 0 Å². The van der Waals surface area contributed by atoms with Crippen molar-refractivity contribution in [3.8, 4) is 0 Å². The maximum absolute atomic E-state index is 12.7. The van der Waals surface area contributed by atoms with Crippen LogP contribution in [0.5, 0.6) is 0 Å². The summed E-state index contributed by atoms with van der Waals surface area (Å²) in [6.07, 6.45) is 9.50. The Morgan fingerprint density at radius 3 is 2.46 bits per heavy atom. The molecule has 0 unspecified atom stereocenters. The summed E-state index contributed by atoms with van der Waals surface area (Å²) in [5, 5.41) is 0. The second-order valence-corrected chi connectivity index (χ2v) is 7.05. The van der Waals surface area contributed by atoms with Crippen LogP contribution in [0.15, 0.2) is 35.9 Å². The number of amides is 1. The molecular formula is C22H31NO3. The van der Waals surface area contributed by atoms with Gasteiger partial charge >= 0.3 is 5.97 Å². The summed E-state index contributed by atoms with van der Waals surface area (Å²) in [4.78, 5) is 26.0. The van der Waals surface area contributed by atoms with Gasteiger partial charge in [-0.3, -0.25) is 9.59 Å². The molecule has 0 atom stereocenters. The van der Waals surface area contributed by atoms with Gasteiger partial charge in [-0.2, -0.15) is 0 Å². The molecule has 0 bridgehead atoms. The van der Waals surface area contributed by atoms with Crippen LogP contribution in [-0.4, -0.2) is 37.0 Å². The third-order valence-corrected chi connectivity index (χ3v) is 5.00. The molecule has 1 aliphatic rings. The summed E-state index contributed by atoms with van der Waals surface area (Å²) in [5.74, 6) is -0.149. The van der Waals surface area contributed by atoms with Gasteiger partial charge in [-0.15, -0.1) is 0 Å². The first-order chi connectivity index (χ1) is 12.6. The summed E-state index contributed by atoms with van der Waals surface area (Å²) >= 11 is 0. The van der Waals surface area contributed by atoms with E-state index in [2.05, 4.69) is 37.3 Å². The van der Waals surface area contributed by atoms with E-state index in [9.17, 15) is 9.59 Å². The number of esters is 1. The van der Waals surface area contributed by atoms with Gasteiger partial charge in [-0.1, -0.05) is 41.5 Å². The van der Waals surface area contributed by atoms with Crippen molar-refractivity contribution in [3.63, 3.8) is 0 Å². The summed E-state index contributed by atoms with van der Waals surface area (Å²) in [6.45, 7) is 3.19. The number of nitrogens with zero attached hydrogens (tertiary/aromatic N) is 1. The SMILES string of the molecule is COC(=O)CCN(CCC1=CCCCC1)C(=O)CCc1ccc(C)cc1. The molecule has 2 rings (SSSR count). The Labute approximate surface area is 157 Å². The van der Waals surface area contributed by atoms with Crippen LogP contribution >= 0.6 is 0 Å². The fraction of sp³-hybridized carbons (Fsp3) is 0.545. The first-order valence-corrected chi connectivity index (χ1v) is 9.66. The molecule has 1 amide bonds. The van der Waals surface area contributed by atoms with Crippen LogP contribution in [0.3, 0.4) is 0 Å². The number of carbonyl (C=O) groups is 2. The lowest BCUT2D eigenvalue weighted by atomic mass is 9.97. The zero-order valence-electron chi connectivity index (χ0n) is 16.1. The van der Waals surface area contributed by atoms with Crippen molar-refractivity contribution >= 4 is 11.9 Å². The smallest absolute Gasteiger partial charge is 0.307 e. The second-order valence-electron chi connectivity index (χ2n) is 7.05. The fourth-order valence-electron chi connectivity index (χ4n) is 3.26. The van der Waals surface area contributed by atoms with Crippen LogP contribution in [0, 0.1) is 6.92 Å². The Bertz CT molecular complexity index is 619. The van der Waals surface area contributed by atoms with Crippen molar-refractivity contribution in [2.24, 2.45) is 0 Å². The Balaban J connectivity index is 1.89. The highest BCUT2D eigenvalue weighted by Crippen LogP contribution is 2.20. The summed E-state index contributed by atoms with van der Waals surface area (Å²) in [7, 11) is 1.39. The Kier molecular flexibility index (Phi) is 8.39. The van der Waals surface area contributed by atoms with Crippen LogP contribution in [0.2, 0.25) is 0 Å². The van der Waals surface area contributed by atoms with Gasteiger partial charge in [0, 0.05) is 19.5 Å². The largest absolute Gasteiger partial charge is 0.469 e. The molecule has 4 nitrogen and oxygen atoms in total. The monoisotopic (exact) mass is 357 g/mol. The predicted octanol–water partition coefficient (Wildman–Crippen LogP) is 4.21. The Hall–Kier alpha value is -2.10. The van der Waals surface area contributed by atoms with Crippen molar-refractivity contribution in [1.82, 2.24) is 4.90 Å². The summed E-state index contributed by atoms with van der Waals surface area (Å²) < 4.78 is 4.73. The molecule has 0 aliphatic heterocycles. The van der Waals surface area contributed by atoms with E-state index in [1.807, 2.05) is 4.90 Å². The number of carbonyl (C=O) groups excluding carboxylic acids is 2. The standard InChI is InChI=1S/C22H31NO3/c1-18-8-10-20(11-9-18)12-13-21(24)23(17-15-22(25)26-2)16-14-19-6-4-3-5-7-19/h6,8-11H,3-5,7,12-17H2,1-2H3. The minimum Gasteiger partial charge on any atom is -0.469 e. The van der Waals surface area contributed by atoms with Crippen molar-refractivity contribution in [2.75, 3.05) is 20.2 Å². The molecule has 0 fully saturated rings. The van der Waals surface area contributed by atoms with Gasteiger partial charge in [0.1, 0.15) is 0 Å². The molecule has 1 aliphatic carbocycles. The van der Waals surface area contributed by atoms with Crippen LogP contribution < -0.4 is 0 Å². The Morgan fingerprint density at radius 2 is 1.81 bits per heavy atom. The highest BCUT2D eigenvalue weighted by Gasteiger charge is 2.16. The molecule has 0 radical (unpaired) electrons. The molecule has 1 aromatic rings. The fourth-order valence-corrected chi connectivity index (χ4v) is 3.26. The maximum atomic E-state index is 12.7. The van der Waals surface area contributed by atoms with Crippen LogP contribution in [0.1, 0.15) is 56.1 Å². The first kappa shape index (κ1) is 20.2. The molecule has 0 heterocycles. The van der Waals surface area contributed by atoms with E-state index in [-0.39, 0.29) is 18.3 Å². The number of hydrogen-bond donors (Lipinski definition) is 0. The van der Waals surface area contributed by atoms with Gasteiger partial charge in [0.05, 0.1) is 13.5 Å². The third kappa shape index (κ3) is 7.03. The summed E-state index contributed by atoms with van der Waals surface area (Å²) in [5.41, 5.74) is 3.85. The normalized spacial score (nSPS) is 13.8. The number of methoxy groups -OCH3 is 1. The number of ether oxygens (including phenoxy) is 1. The molecule has 0 N–H and O–H groups in total. The zero-order valence-corrected chi connectivity index (χ0v) is 16.1. The van der Waals surface area contributed by atoms with Gasteiger partial charge in [0.2, 0.25) is 5.91 Å². The first-order valence-electron chi connectivity index (χ1n) is 9.66. The number of rotatable bonds is 9. The van der Waals surface area contributed by atoms with E-state index in [0.717, 1.165) is 25.7 Å². The lowest BCUT2D eigenvalue weighted by Crippen LogP contribution is -2.34. The van der Waals surface area contributed by atoms with E-state index in [4.69, 9.17) is 4.74 Å². The van der Waals surface area contributed by atoms with Crippen molar-refractivity contribution < 1.29 is 14.3 Å². The van der Waals surface area contributed by atoms with Gasteiger partial charge in [0.25, 0.3) is 0 Å². The highest BCUT2D eigenvalue weighted by atomic mass is 16.5. The molecular weight excluding hydrogens is 326 g/mol. The van der Waals surface area contributed by atoms with Crippen molar-refractivity contribution in [3.05, 3.63) is 47.0 Å². The van der Waals surface area contributed by atoms with Crippen LogP contribution in [0.25, 0.3) is 0 Å². The molecule has 0 aromatic heterocycles. The lowest BCUT2D eigenvalue weighted by molar-refractivity contribution is -0.141. The van der Waals surface area contributed by atoms with Crippen molar-refractivity contribution in [2.45, 2.75) is 58.3 Å².